The molecule has 1 N–H and O–H groups in total. The zero-order chi connectivity index (χ0) is 64.1. The van der Waals surface area contributed by atoms with Gasteiger partial charge in [0.1, 0.15) is 28.7 Å². The van der Waals surface area contributed by atoms with Crippen molar-refractivity contribution in [3.05, 3.63) is 130 Å². The summed E-state index contributed by atoms with van der Waals surface area (Å²) < 4.78 is 49.4. The third kappa shape index (κ3) is 17.7. The highest BCUT2D eigenvalue weighted by Gasteiger charge is 2.31. The summed E-state index contributed by atoms with van der Waals surface area (Å²) in [5, 5.41) is 6.95. The Labute approximate surface area is 528 Å². The zero-order valence-electron chi connectivity index (χ0n) is 51.9. The van der Waals surface area contributed by atoms with Crippen LogP contribution in [0.3, 0.4) is 0 Å². The van der Waals surface area contributed by atoms with Gasteiger partial charge in [-0.15, -0.1) is 0 Å². The van der Waals surface area contributed by atoms with Crippen LogP contribution in [-0.4, -0.2) is 185 Å². The fourth-order valence-electron chi connectivity index (χ4n) is 10.8. The van der Waals surface area contributed by atoms with Crippen LogP contribution < -0.4 is 29.5 Å². The highest BCUT2D eigenvalue weighted by atomic mass is 35.5. The number of esters is 1. The molecule has 0 aliphatic carbocycles. The van der Waals surface area contributed by atoms with Gasteiger partial charge in [-0.3, -0.25) is 19.4 Å². The first-order valence-corrected chi connectivity index (χ1v) is 30.1. The van der Waals surface area contributed by atoms with Crippen molar-refractivity contribution < 1.29 is 46.9 Å². The number of benzene rings is 4. The molecule has 4 aromatic carbocycles. The standard InChI is InChI=1S/C27H25ClFN5O2.C26H27ClFN5O4.2C5H11N.C2H4O2/c1-4-7-21(35)34-13-12-17(15-34)33(2)26-19-14-30-24(23(29)25(19)31-27(32-26)36-3)18-10-5-8-16-9-6-11-20(28)22(16)18;1-32(14-12-29-21(34)9-10-22(35)36-2)25-17-11-13-33(15-19(17)30-26(31-25)37-3)20-6-4-5-16-7-8-18(28)24(27)23(16)20;2*1-6-4-2-3-5-6;1-4-2-3/h4-11,14,17H,12-13,15H2,1-3H3;4-10H,11-15H2,1-3H3,(H,29,34);2*2-5H2,1H3;2H,1H3/b7-4+;10-9+;;;. The van der Waals surface area contributed by atoms with E-state index < -0.39 is 23.5 Å². The summed E-state index contributed by atoms with van der Waals surface area (Å²) in [7, 11) is 13.6. The van der Waals surface area contributed by atoms with E-state index in [0.717, 1.165) is 51.7 Å². The number of pyridine rings is 1. The average Bonchev–Trinajstić information content (AvgIpc) is 1.29. The summed E-state index contributed by atoms with van der Waals surface area (Å²) in [6.45, 7) is 10.6. The lowest BCUT2D eigenvalue weighted by Gasteiger charge is -2.33. The smallest absolute Gasteiger partial charge is 0.330 e. The van der Waals surface area contributed by atoms with Crippen LogP contribution in [0, 0.1) is 11.6 Å². The molecule has 7 aromatic rings. The number of likely N-dealkylation sites (N-methyl/N-ethyl adjacent to an activating group) is 2. The lowest BCUT2D eigenvalue weighted by Crippen LogP contribution is -2.36. The number of ether oxygens (including phenoxy) is 4. The topological polar surface area (TPSA) is 201 Å². The van der Waals surface area contributed by atoms with Gasteiger partial charge in [-0.1, -0.05) is 77.8 Å². The van der Waals surface area contributed by atoms with Gasteiger partial charge in [-0.05, 0) is 121 Å². The van der Waals surface area contributed by atoms with Crippen molar-refractivity contribution in [1.82, 2.24) is 44.9 Å². The van der Waals surface area contributed by atoms with Crippen LogP contribution in [0.5, 0.6) is 12.0 Å². The Hall–Kier alpha value is -8.31. The number of methoxy groups -OCH3 is 4. The predicted octanol–water partition coefficient (Wildman–Crippen LogP) is 9.75. The minimum absolute atomic E-state index is 0.00150. The van der Waals surface area contributed by atoms with Crippen molar-refractivity contribution in [3.63, 3.8) is 0 Å². The van der Waals surface area contributed by atoms with Gasteiger partial charge in [0.05, 0.1) is 51.1 Å². The molecule has 24 heteroatoms. The van der Waals surface area contributed by atoms with Gasteiger partial charge in [0.15, 0.2) is 5.82 Å². The maximum absolute atomic E-state index is 16.1. The Balaban J connectivity index is 0.000000202. The lowest BCUT2D eigenvalue weighted by molar-refractivity contribution is -0.135. The molecule has 4 aliphatic rings. The number of hydrogen-bond acceptors (Lipinski definition) is 18. The SMILES string of the molecule is C/C=C/C(=O)N1CCC(N(C)c2nc(OC)nc3c(F)c(-c4cccc5cccc(Cl)c45)ncc23)C1.CN1CCCC1.CN1CCCC1.COC(=O)/C=C/C(=O)NCCN(C)c1nc(OC)nc2c1CCN(c1cccc3ccc(F)c(Cl)c13)C2.COC=O. The van der Waals surface area contributed by atoms with Crippen LogP contribution in [-0.2, 0) is 41.6 Å². The van der Waals surface area contributed by atoms with E-state index in [1.165, 1.54) is 86.4 Å². The van der Waals surface area contributed by atoms with Gasteiger partial charge in [-0.25, -0.2) is 13.6 Å². The summed E-state index contributed by atoms with van der Waals surface area (Å²) in [5.74, 6) is -0.853. The summed E-state index contributed by atoms with van der Waals surface area (Å²) in [5.41, 5.74) is 3.46. The Morgan fingerprint density at radius 2 is 1.39 bits per heavy atom. The Bertz CT molecular complexity index is 3630. The largest absolute Gasteiger partial charge is 0.471 e. The number of likely N-dealkylation sites (tertiary alicyclic amines) is 3. The fourth-order valence-corrected chi connectivity index (χ4v) is 11.3. The normalized spacial score (nSPS) is 15.4. The zero-order valence-corrected chi connectivity index (χ0v) is 53.4. The molecule has 0 bridgehead atoms. The molecule has 0 radical (unpaired) electrons. The van der Waals surface area contributed by atoms with E-state index in [1.807, 2.05) is 73.3 Å². The molecule has 1 unspecified atom stereocenters. The van der Waals surface area contributed by atoms with Crippen LogP contribution in [0.2, 0.25) is 10.0 Å². The van der Waals surface area contributed by atoms with Gasteiger partial charge in [0.2, 0.25) is 11.8 Å². The number of halogens is 4. The number of rotatable bonds is 14. The molecule has 3 aromatic heterocycles. The number of carbonyl (C=O) groups is 4. The van der Waals surface area contributed by atoms with E-state index in [-0.39, 0.29) is 40.2 Å². The number of carbonyl (C=O) groups excluding carboxylic acids is 4. The first-order valence-electron chi connectivity index (χ1n) is 29.3. The van der Waals surface area contributed by atoms with E-state index in [2.05, 4.69) is 68.5 Å². The molecular formula is C65H78Cl2F2N12O8. The molecule has 11 rings (SSSR count). The Kier molecular flexibility index (Phi) is 25.5. The minimum Gasteiger partial charge on any atom is -0.471 e. The molecule has 1 atom stereocenters. The third-order valence-electron chi connectivity index (χ3n) is 15.5. The van der Waals surface area contributed by atoms with Crippen molar-refractivity contribution in [2.24, 2.45) is 0 Å². The van der Waals surface area contributed by atoms with Gasteiger partial charge in [0, 0.05) is 104 Å². The number of aromatic nitrogens is 5. The number of fused-ring (bicyclic) bond motifs is 4. The second-order valence-electron chi connectivity index (χ2n) is 21.5. The van der Waals surface area contributed by atoms with Crippen LogP contribution in [0.1, 0.15) is 50.3 Å². The molecule has 89 heavy (non-hydrogen) atoms. The van der Waals surface area contributed by atoms with Crippen LogP contribution in [0.15, 0.2) is 97.2 Å². The number of allylic oxidation sites excluding steroid dienone is 1. The molecule has 7 heterocycles. The van der Waals surface area contributed by atoms with Gasteiger partial charge >= 0.3 is 18.0 Å². The number of hydrogen-bond donors (Lipinski definition) is 1. The second kappa shape index (κ2) is 33.3. The quantitative estimate of drug-likeness (QED) is 0.0612. The molecule has 2 amide bonds. The molecule has 0 saturated carbocycles. The summed E-state index contributed by atoms with van der Waals surface area (Å²) >= 11 is 12.9. The van der Waals surface area contributed by atoms with Crippen molar-refractivity contribution in [1.29, 1.82) is 0 Å². The summed E-state index contributed by atoms with van der Waals surface area (Å²) in [4.78, 5) is 79.4. The molecular weight excluding hydrogens is 1190 g/mol. The second-order valence-corrected chi connectivity index (χ2v) is 22.3. The molecule has 474 valence electrons. The Morgan fingerprint density at radius 1 is 0.764 bits per heavy atom. The van der Waals surface area contributed by atoms with Crippen molar-refractivity contribution in [3.8, 4) is 23.3 Å². The van der Waals surface area contributed by atoms with Crippen LogP contribution in [0.25, 0.3) is 43.7 Å². The fraction of sp³-hybridized carbons (Fsp3) is 0.400. The maximum Gasteiger partial charge on any atom is 0.330 e. The highest BCUT2D eigenvalue weighted by Crippen LogP contribution is 2.40. The van der Waals surface area contributed by atoms with Crippen LogP contribution >= 0.6 is 23.2 Å². The van der Waals surface area contributed by atoms with Crippen molar-refractivity contribution in [2.45, 2.75) is 58.0 Å². The van der Waals surface area contributed by atoms with Crippen molar-refractivity contribution >= 4 is 97.2 Å². The van der Waals surface area contributed by atoms with E-state index in [9.17, 15) is 18.8 Å². The van der Waals surface area contributed by atoms with Crippen LogP contribution in [0.4, 0.5) is 26.1 Å². The van der Waals surface area contributed by atoms with Crippen molar-refractivity contribution in [2.75, 3.05) is 130 Å². The first-order chi connectivity index (χ1) is 42.9. The summed E-state index contributed by atoms with van der Waals surface area (Å²) in [6.07, 6.45) is 14.1. The highest BCUT2D eigenvalue weighted by molar-refractivity contribution is 6.37. The number of anilines is 3. The van der Waals surface area contributed by atoms with E-state index in [4.69, 9.17) is 37.5 Å². The summed E-state index contributed by atoms with van der Waals surface area (Å²) in [6, 6.07) is 20.3. The Morgan fingerprint density at radius 3 is 2.01 bits per heavy atom. The minimum atomic E-state index is -0.600. The maximum atomic E-state index is 16.1. The predicted molar refractivity (Wildman–Crippen MR) is 346 cm³/mol. The van der Waals surface area contributed by atoms with E-state index in [0.29, 0.717) is 85.2 Å². The van der Waals surface area contributed by atoms with E-state index in [1.54, 1.807) is 41.4 Å². The van der Waals surface area contributed by atoms with E-state index >= 15 is 4.39 Å². The molecule has 3 fully saturated rings. The number of nitrogens with zero attached hydrogens (tertiary/aromatic N) is 11. The average molecular weight is 1260 g/mol. The lowest BCUT2D eigenvalue weighted by atomic mass is 10.0. The molecule has 4 aliphatic heterocycles. The van der Waals surface area contributed by atoms with Gasteiger partial charge in [0.25, 0.3) is 6.47 Å². The number of nitrogens with one attached hydrogen (secondary N) is 1. The molecule has 20 nitrogen and oxygen atoms in total. The molecule has 0 spiro atoms. The monoisotopic (exact) mass is 1260 g/mol. The third-order valence-corrected chi connectivity index (χ3v) is 16.2. The van der Waals surface area contributed by atoms with Gasteiger partial charge in [-0.2, -0.15) is 19.9 Å². The molecule has 3 saturated heterocycles. The first kappa shape index (κ1) is 68.2. The van der Waals surface area contributed by atoms with Gasteiger partial charge < -0.3 is 53.7 Å². The number of amides is 2.